The second kappa shape index (κ2) is 5.07. The number of aliphatic hydroxyl groups is 1. The van der Waals surface area contributed by atoms with Gasteiger partial charge in [-0.3, -0.25) is 0 Å². The van der Waals surface area contributed by atoms with Crippen molar-refractivity contribution in [3.8, 4) is 0 Å². The normalized spacial score (nSPS) is 17.6. The zero-order valence-corrected chi connectivity index (χ0v) is 10.6. The lowest BCUT2D eigenvalue weighted by Gasteiger charge is -2.42. The van der Waals surface area contributed by atoms with Crippen molar-refractivity contribution in [2.75, 3.05) is 38.8 Å². The van der Waals surface area contributed by atoms with Gasteiger partial charge >= 0.3 is 0 Å². The van der Waals surface area contributed by atoms with Crippen LogP contribution in [0.5, 0.6) is 0 Å². The van der Waals surface area contributed by atoms with Crippen LogP contribution in [0.4, 0.5) is 5.69 Å². The van der Waals surface area contributed by atoms with E-state index in [9.17, 15) is 0 Å². The summed E-state index contributed by atoms with van der Waals surface area (Å²) in [6.45, 7) is 1.83. The molecule has 1 fully saturated rings. The Morgan fingerprint density at radius 3 is 2.29 bits per heavy atom. The Hall–Kier alpha value is -1.06. The summed E-state index contributed by atoms with van der Waals surface area (Å²) in [5, 5.41) is 8.97. The number of hydrogen-bond acceptors (Lipinski definition) is 3. The molecule has 3 heteroatoms. The summed E-state index contributed by atoms with van der Waals surface area (Å²) in [7, 11) is 4.09. The van der Waals surface area contributed by atoms with Gasteiger partial charge in [0.05, 0.1) is 13.2 Å². The summed E-state index contributed by atoms with van der Waals surface area (Å²) in [5.41, 5.74) is 2.70. The Morgan fingerprint density at radius 2 is 1.88 bits per heavy atom. The molecule has 1 aromatic rings. The molecule has 1 aliphatic rings. The fraction of sp³-hybridized carbons (Fsp3) is 0.571. The van der Waals surface area contributed by atoms with Gasteiger partial charge in [0, 0.05) is 31.8 Å². The molecule has 94 valence electrons. The first kappa shape index (κ1) is 12.4. The number of ether oxygens (including phenoxy) is 1. The van der Waals surface area contributed by atoms with Gasteiger partial charge in [0.1, 0.15) is 0 Å². The van der Waals surface area contributed by atoms with E-state index in [0.29, 0.717) is 0 Å². The van der Waals surface area contributed by atoms with E-state index in [1.165, 1.54) is 11.3 Å². The average molecular weight is 235 g/mol. The van der Waals surface area contributed by atoms with Gasteiger partial charge in [0.25, 0.3) is 0 Å². The molecule has 0 aliphatic carbocycles. The van der Waals surface area contributed by atoms with Gasteiger partial charge in [0.2, 0.25) is 0 Å². The Balaban J connectivity index is 2.14. The van der Waals surface area contributed by atoms with Crippen LogP contribution in [0.15, 0.2) is 24.3 Å². The van der Waals surface area contributed by atoms with Crippen LogP contribution in [0.1, 0.15) is 18.4 Å². The van der Waals surface area contributed by atoms with Gasteiger partial charge in [-0.25, -0.2) is 0 Å². The minimum absolute atomic E-state index is 0.146. The SMILES string of the molecule is CN(C)c1ccc(C2(CCCO)COC2)cc1. The van der Waals surface area contributed by atoms with E-state index in [4.69, 9.17) is 9.84 Å². The Morgan fingerprint density at radius 1 is 1.24 bits per heavy atom. The molecule has 0 spiro atoms. The van der Waals surface area contributed by atoms with Gasteiger partial charge in [-0.1, -0.05) is 12.1 Å². The molecule has 1 aromatic carbocycles. The third-order valence-corrected chi connectivity index (χ3v) is 3.57. The average Bonchev–Trinajstić information content (AvgIpc) is 2.28. The van der Waals surface area contributed by atoms with E-state index in [2.05, 4.69) is 29.2 Å². The molecule has 1 aliphatic heterocycles. The molecule has 2 rings (SSSR count). The molecule has 0 unspecified atom stereocenters. The number of rotatable bonds is 5. The van der Waals surface area contributed by atoms with Crippen LogP contribution in [0, 0.1) is 0 Å². The molecule has 0 radical (unpaired) electrons. The van der Waals surface area contributed by atoms with Crippen LogP contribution < -0.4 is 4.90 Å². The largest absolute Gasteiger partial charge is 0.396 e. The molecular formula is C14H21NO2. The van der Waals surface area contributed by atoms with E-state index in [1.54, 1.807) is 0 Å². The minimum atomic E-state index is 0.146. The maximum atomic E-state index is 8.97. The lowest BCUT2D eigenvalue weighted by molar-refractivity contribution is -0.0665. The van der Waals surface area contributed by atoms with Crippen molar-refractivity contribution in [1.29, 1.82) is 0 Å². The van der Waals surface area contributed by atoms with E-state index in [1.807, 2.05) is 14.1 Å². The standard InChI is InChI=1S/C14H21NO2/c1-15(2)13-6-4-12(5-7-13)14(8-3-9-16)10-17-11-14/h4-7,16H,3,8-11H2,1-2H3. The Labute approximate surface area is 103 Å². The summed E-state index contributed by atoms with van der Waals surface area (Å²) in [6.07, 6.45) is 1.85. The minimum Gasteiger partial charge on any atom is -0.396 e. The number of aliphatic hydroxyl groups excluding tert-OH is 1. The molecule has 0 saturated carbocycles. The van der Waals surface area contributed by atoms with Crippen LogP contribution in [0.25, 0.3) is 0 Å². The van der Waals surface area contributed by atoms with Gasteiger partial charge in [-0.15, -0.1) is 0 Å². The van der Waals surface area contributed by atoms with E-state index in [0.717, 1.165) is 26.1 Å². The first-order valence-corrected chi connectivity index (χ1v) is 6.14. The van der Waals surface area contributed by atoms with Crippen molar-refractivity contribution < 1.29 is 9.84 Å². The third-order valence-electron chi connectivity index (χ3n) is 3.57. The number of anilines is 1. The van der Waals surface area contributed by atoms with Crippen LogP contribution in [0.2, 0.25) is 0 Å². The fourth-order valence-corrected chi connectivity index (χ4v) is 2.33. The molecular weight excluding hydrogens is 214 g/mol. The van der Waals surface area contributed by atoms with Gasteiger partial charge in [-0.2, -0.15) is 0 Å². The summed E-state index contributed by atoms with van der Waals surface area (Å²) < 4.78 is 5.38. The van der Waals surface area contributed by atoms with Crippen molar-refractivity contribution in [3.63, 3.8) is 0 Å². The summed E-state index contributed by atoms with van der Waals surface area (Å²) in [5.74, 6) is 0. The first-order valence-electron chi connectivity index (χ1n) is 6.14. The first-order chi connectivity index (χ1) is 8.18. The molecule has 0 aromatic heterocycles. The topological polar surface area (TPSA) is 32.7 Å². The molecule has 0 bridgehead atoms. The molecule has 1 saturated heterocycles. The summed E-state index contributed by atoms with van der Waals surface area (Å²) in [6, 6.07) is 8.67. The van der Waals surface area contributed by atoms with Crippen LogP contribution >= 0.6 is 0 Å². The molecule has 0 amide bonds. The van der Waals surface area contributed by atoms with E-state index < -0.39 is 0 Å². The Kier molecular flexibility index (Phi) is 3.69. The van der Waals surface area contributed by atoms with Crippen molar-refractivity contribution in [3.05, 3.63) is 29.8 Å². The number of hydrogen-bond donors (Lipinski definition) is 1. The van der Waals surface area contributed by atoms with Crippen LogP contribution in [0.3, 0.4) is 0 Å². The molecule has 17 heavy (non-hydrogen) atoms. The number of benzene rings is 1. The highest BCUT2D eigenvalue weighted by Crippen LogP contribution is 2.37. The molecule has 3 nitrogen and oxygen atoms in total. The maximum Gasteiger partial charge on any atom is 0.0585 e. The smallest absolute Gasteiger partial charge is 0.0585 e. The van der Waals surface area contributed by atoms with Crippen LogP contribution in [-0.2, 0) is 10.2 Å². The molecule has 0 atom stereocenters. The third kappa shape index (κ3) is 2.45. The van der Waals surface area contributed by atoms with Crippen LogP contribution in [-0.4, -0.2) is 39.0 Å². The van der Waals surface area contributed by atoms with Gasteiger partial charge in [0.15, 0.2) is 0 Å². The number of nitrogens with zero attached hydrogens (tertiary/aromatic N) is 1. The fourth-order valence-electron chi connectivity index (χ4n) is 2.33. The van der Waals surface area contributed by atoms with E-state index in [-0.39, 0.29) is 12.0 Å². The van der Waals surface area contributed by atoms with Crippen molar-refractivity contribution in [1.82, 2.24) is 0 Å². The molecule has 1 heterocycles. The van der Waals surface area contributed by atoms with Gasteiger partial charge < -0.3 is 14.7 Å². The van der Waals surface area contributed by atoms with Crippen molar-refractivity contribution in [2.24, 2.45) is 0 Å². The van der Waals surface area contributed by atoms with Gasteiger partial charge in [-0.05, 0) is 30.5 Å². The molecule has 1 N–H and O–H groups in total. The quantitative estimate of drug-likeness (QED) is 0.844. The lowest BCUT2D eigenvalue weighted by Crippen LogP contribution is -2.46. The predicted octanol–water partition coefficient (Wildman–Crippen LogP) is 1.79. The lowest BCUT2D eigenvalue weighted by atomic mass is 9.75. The second-order valence-electron chi connectivity index (χ2n) is 5.04. The second-order valence-corrected chi connectivity index (χ2v) is 5.04. The highest BCUT2D eigenvalue weighted by molar-refractivity contribution is 5.47. The summed E-state index contributed by atoms with van der Waals surface area (Å²) in [4.78, 5) is 2.10. The summed E-state index contributed by atoms with van der Waals surface area (Å²) >= 11 is 0. The van der Waals surface area contributed by atoms with Crippen molar-refractivity contribution in [2.45, 2.75) is 18.3 Å². The van der Waals surface area contributed by atoms with Crippen molar-refractivity contribution >= 4 is 5.69 Å². The Bertz CT molecular complexity index is 355. The maximum absolute atomic E-state index is 8.97. The monoisotopic (exact) mass is 235 g/mol. The van der Waals surface area contributed by atoms with E-state index >= 15 is 0 Å². The zero-order valence-electron chi connectivity index (χ0n) is 10.6. The highest BCUT2D eigenvalue weighted by Gasteiger charge is 2.39. The highest BCUT2D eigenvalue weighted by atomic mass is 16.5. The zero-order chi connectivity index (χ0) is 12.3. The predicted molar refractivity (Wildman–Crippen MR) is 69.6 cm³/mol.